The van der Waals surface area contributed by atoms with Crippen LogP contribution in [-0.2, 0) is 0 Å². The average molecular weight is 287 g/mol. The fraction of sp³-hybridized carbons (Fsp3) is 0.294. The largest absolute Gasteiger partial charge is 0.486 e. The van der Waals surface area contributed by atoms with E-state index >= 15 is 0 Å². The standard InChI is InChI=1S/C17H21NOS/c1-18-13-12-17(14-6-4-3-5-7-14)19-15-8-10-16(20-2)11-9-15/h3-11,17-18H,12-13H2,1-2H3. The Morgan fingerprint density at radius 3 is 2.35 bits per heavy atom. The molecule has 0 amide bonds. The summed E-state index contributed by atoms with van der Waals surface area (Å²) in [5.41, 5.74) is 1.22. The number of thioether (sulfide) groups is 1. The molecule has 0 aliphatic carbocycles. The maximum Gasteiger partial charge on any atom is 0.125 e. The first-order chi connectivity index (χ1) is 9.83. The molecular formula is C17H21NOS. The van der Waals surface area contributed by atoms with Gasteiger partial charge in [0, 0.05) is 11.3 Å². The van der Waals surface area contributed by atoms with Gasteiger partial charge in [0.25, 0.3) is 0 Å². The fourth-order valence-electron chi connectivity index (χ4n) is 2.06. The number of nitrogens with one attached hydrogen (secondary N) is 1. The molecule has 0 saturated heterocycles. The summed E-state index contributed by atoms with van der Waals surface area (Å²) in [6, 6.07) is 18.7. The van der Waals surface area contributed by atoms with Crippen LogP contribution in [0.4, 0.5) is 0 Å². The molecule has 0 aliphatic rings. The van der Waals surface area contributed by atoms with Gasteiger partial charge in [-0.05, 0) is 49.7 Å². The summed E-state index contributed by atoms with van der Waals surface area (Å²) in [7, 11) is 1.97. The van der Waals surface area contributed by atoms with Crippen molar-refractivity contribution in [2.24, 2.45) is 0 Å². The van der Waals surface area contributed by atoms with Gasteiger partial charge in [-0.3, -0.25) is 0 Å². The maximum absolute atomic E-state index is 6.15. The molecule has 2 aromatic rings. The number of benzene rings is 2. The summed E-state index contributed by atoms with van der Waals surface area (Å²) in [4.78, 5) is 1.25. The minimum Gasteiger partial charge on any atom is -0.486 e. The Morgan fingerprint density at radius 2 is 1.75 bits per heavy atom. The predicted octanol–water partition coefficient (Wildman–Crippen LogP) is 4.14. The molecule has 0 heterocycles. The van der Waals surface area contributed by atoms with E-state index < -0.39 is 0 Å². The number of ether oxygens (including phenoxy) is 1. The number of hydrogen-bond donors (Lipinski definition) is 1. The third kappa shape index (κ3) is 4.29. The zero-order chi connectivity index (χ0) is 14.2. The summed E-state index contributed by atoms with van der Waals surface area (Å²) in [6.45, 7) is 0.933. The molecule has 0 bridgehead atoms. The highest BCUT2D eigenvalue weighted by molar-refractivity contribution is 7.98. The summed E-state index contributed by atoms with van der Waals surface area (Å²) in [5.74, 6) is 0.924. The van der Waals surface area contributed by atoms with Gasteiger partial charge in [-0.25, -0.2) is 0 Å². The van der Waals surface area contributed by atoms with Gasteiger partial charge < -0.3 is 10.1 Å². The van der Waals surface area contributed by atoms with E-state index in [1.54, 1.807) is 11.8 Å². The Bertz CT molecular complexity index is 498. The Labute approximate surface area is 125 Å². The summed E-state index contributed by atoms with van der Waals surface area (Å²) < 4.78 is 6.15. The quantitative estimate of drug-likeness (QED) is 0.773. The zero-order valence-corrected chi connectivity index (χ0v) is 12.8. The monoisotopic (exact) mass is 287 g/mol. The molecule has 1 unspecified atom stereocenters. The van der Waals surface area contributed by atoms with E-state index in [-0.39, 0.29) is 6.10 Å². The molecule has 1 atom stereocenters. The fourth-order valence-corrected chi connectivity index (χ4v) is 2.46. The predicted molar refractivity (Wildman–Crippen MR) is 86.6 cm³/mol. The Balaban J connectivity index is 2.10. The highest BCUT2D eigenvalue weighted by Gasteiger charge is 2.12. The van der Waals surface area contributed by atoms with E-state index in [4.69, 9.17) is 4.74 Å². The second-order valence-electron chi connectivity index (χ2n) is 4.58. The van der Waals surface area contributed by atoms with Crippen molar-refractivity contribution >= 4 is 11.8 Å². The van der Waals surface area contributed by atoms with Gasteiger partial charge in [0.2, 0.25) is 0 Å². The normalized spacial score (nSPS) is 12.1. The molecule has 0 saturated carbocycles. The van der Waals surface area contributed by atoms with E-state index in [2.05, 4.69) is 48.0 Å². The van der Waals surface area contributed by atoms with Crippen LogP contribution in [0.2, 0.25) is 0 Å². The van der Waals surface area contributed by atoms with E-state index in [1.807, 2.05) is 25.2 Å². The Kier molecular flexibility index (Phi) is 5.96. The van der Waals surface area contributed by atoms with Crippen molar-refractivity contribution in [3.63, 3.8) is 0 Å². The van der Waals surface area contributed by atoms with Crippen LogP contribution in [0.25, 0.3) is 0 Å². The van der Waals surface area contributed by atoms with Crippen LogP contribution in [0.5, 0.6) is 5.75 Å². The van der Waals surface area contributed by atoms with E-state index in [0.717, 1.165) is 18.7 Å². The molecule has 106 valence electrons. The van der Waals surface area contributed by atoms with E-state index in [0.29, 0.717) is 0 Å². The van der Waals surface area contributed by atoms with Gasteiger partial charge in [-0.1, -0.05) is 30.3 Å². The molecule has 0 aromatic heterocycles. The lowest BCUT2D eigenvalue weighted by Crippen LogP contribution is -2.16. The third-order valence-corrected chi connectivity index (χ3v) is 3.91. The molecular weight excluding hydrogens is 266 g/mol. The molecule has 0 aliphatic heterocycles. The first-order valence-electron chi connectivity index (χ1n) is 6.83. The first kappa shape index (κ1) is 14.9. The van der Waals surface area contributed by atoms with Crippen molar-refractivity contribution in [2.75, 3.05) is 19.8 Å². The summed E-state index contributed by atoms with van der Waals surface area (Å²) in [5, 5.41) is 3.19. The van der Waals surface area contributed by atoms with Crippen LogP contribution in [0, 0.1) is 0 Å². The van der Waals surface area contributed by atoms with Crippen molar-refractivity contribution in [3.8, 4) is 5.75 Å². The maximum atomic E-state index is 6.15. The number of rotatable bonds is 7. The molecule has 0 spiro atoms. The molecule has 2 rings (SSSR count). The van der Waals surface area contributed by atoms with E-state index in [1.165, 1.54) is 10.5 Å². The van der Waals surface area contributed by atoms with Crippen LogP contribution in [-0.4, -0.2) is 19.8 Å². The summed E-state index contributed by atoms with van der Waals surface area (Å²) in [6.07, 6.45) is 3.11. The van der Waals surface area contributed by atoms with Gasteiger partial charge in [0.15, 0.2) is 0 Å². The molecule has 20 heavy (non-hydrogen) atoms. The zero-order valence-electron chi connectivity index (χ0n) is 12.0. The lowest BCUT2D eigenvalue weighted by molar-refractivity contribution is 0.195. The van der Waals surface area contributed by atoms with E-state index in [9.17, 15) is 0 Å². The van der Waals surface area contributed by atoms with Crippen molar-refractivity contribution in [1.29, 1.82) is 0 Å². The highest BCUT2D eigenvalue weighted by atomic mass is 32.2. The van der Waals surface area contributed by atoms with Gasteiger partial charge in [0.05, 0.1) is 0 Å². The molecule has 2 nitrogen and oxygen atoms in total. The van der Waals surface area contributed by atoms with Crippen LogP contribution in [0.1, 0.15) is 18.1 Å². The second-order valence-corrected chi connectivity index (χ2v) is 5.46. The van der Waals surface area contributed by atoms with Crippen molar-refractivity contribution in [1.82, 2.24) is 5.32 Å². The third-order valence-electron chi connectivity index (χ3n) is 3.17. The molecule has 0 radical (unpaired) electrons. The number of hydrogen-bond acceptors (Lipinski definition) is 3. The molecule has 0 fully saturated rings. The lowest BCUT2D eigenvalue weighted by atomic mass is 10.1. The van der Waals surface area contributed by atoms with Gasteiger partial charge in [-0.15, -0.1) is 11.8 Å². The minimum atomic E-state index is 0.0868. The average Bonchev–Trinajstić information content (AvgIpc) is 2.53. The van der Waals surface area contributed by atoms with Crippen LogP contribution < -0.4 is 10.1 Å². The highest BCUT2D eigenvalue weighted by Crippen LogP contribution is 2.26. The Morgan fingerprint density at radius 1 is 1.05 bits per heavy atom. The van der Waals surface area contributed by atoms with Crippen molar-refractivity contribution < 1.29 is 4.74 Å². The molecule has 2 aromatic carbocycles. The SMILES string of the molecule is CNCCC(Oc1ccc(SC)cc1)c1ccccc1. The van der Waals surface area contributed by atoms with Gasteiger partial charge in [-0.2, -0.15) is 0 Å². The Hall–Kier alpha value is -1.45. The molecule has 3 heteroatoms. The van der Waals surface area contributed by atoms with Gasteiger partial charge in [0.1, 0.15) is 11.9 Å². The smallest absolute Gasteiger partial charge is 0.125 e. The van der Waals surface area contributed by atoms with Crippen LogP contribution >= 0.6 is 11.8 Å². The van der Waals surface area contributed by atoms with Gasteiger partial charge >= 0.3 is 0 Å². The summed E-state index contributed by atoms with van der Waals surface area (Å²) >= 11 is 1.74. The second kappa shape index (κ2) is 7.98. The lowest BCUT2D eigenvalue weighted by Gasteiger charge is -2.19. The van der Waals surface area contributed by atoms with Crippen LogP contribution in [0.15, 0.2) is 59.5 Å². The molecule has 1 N–H and O–H groups in total. The van der Waals surface area contributed by atoms with Crippen molar-refractivity contribution in [2.45, 2.75) is 17.4 Å². The van der Waals surface area contributed by atoms with Crippen molar-refractivity contribution in [3.05, 3.63) is 60.2 Å². The van der Waals surface area contributed by atoms with Crippen LogP contribution in [0.3, 0.4) is 0 Å². The topological polar surface area (TPSA) is 21.3 Å². The minimum absolute atomic E-state index is 0.0868. The first-order valence-corrected chi connectivity index (χ1v) is 8.06.